The Hall–Kier alpha value is -0.670. The van der Waals surface area contributed by atoms with Crippen LogP contribution in [0, 0.1) is 0 Å². The summed E-state index contributed by atoms with van der Waals surface area (Å²) >= 11 is 2.14. The molecule has 1 aromatic rings. The summed E-state index contributed by atoms with van der Waals surface area (Å²) in [6.45, 7) is 8.38. The molecule has 0 bridgehead atoms. The van der Waals surface area contributed by atoms with E-state index >= 15 is 0 Å². The van der Waals surface area contributed by atoms with Gasteiger partial charge in [-0.2, -0.15) is 11.8 Å². The average Bonchev–Trinajstić information content (AvgIpc) is 2.46. The lowest BCUT2D eigenvalue weighted by Gasteiger charge is -2.32. The summed E-state index contributed by atoms with van der Waals surface area (Å²) in [7, 11) is 0. The molecule has 2 N–H and O–H groups in total. The van der Waals surface area contributed by atoms with Crippen molar-refractivity contribution in [2.75, 3.05) is 31.1 Å². The van der Waals surface area contributed by atoms with Crippen molar-refractivity contribution in [3.63, 3.8) is 0 Å². The monoisotopic (exact) mass is 278 g/mol. The van der Waals surface area contributed by atoms with E-state index in [4.69, 9.17) is 5.73 Å². The zero-order valence-electron chi connectivity index (χ0n) is 12.1. The number of nitrogens with zero attached hydrogens (tertiary/aromatic N) is 1. The van der Waals surface area contributed by atoms with Gasteiger partial charge in [0.25, 0.3) is 0 Å². The number of rotatable bonds is 5. The van der Waals surface area contributed by atoms with Crippen LogP contribution in [0.3, 0.4) is 0 Å². The molecule has 0 saturated carbocycles. The van der Waals surface area contributed by atoms with Crippen LogP contribution >= 0.6 is 11.8 Å². The highest BCUT2D eigenvalue weighted by Crippen LogP contribution is 2.24. The van der Waals surface area contributed by atoms with Crippen LogP contribution in [0.25, 0.3) is 0 Å². The maximum atomic E-state index is 5.74. The molecule has 1 heterocycles. The smallest absolute Gasteiger partial charge is 0.0314 e. The number of nitrogen functional groups attached to an aromatic ring is 1. The summed E-state index contributed by atoms with van der Waals surface area (Å²) in [5, 5.41) is 0.848. The summed E-state index contributed by atoms with van der Waals surface area (Å²) < 4.78 is 0. The van der Waals surface area contributed by atoms with E-state index in [2.05, 4.69) is 42.6 Å². The molecule has 1 aliphatic heterocycles. The Bertz CT molecular complexity index is 377. The van der Waals surface area contributed by atoms with Crippen molar-refractivity contribution in [2.45, 2.75) is 37.9 Å². The fraction of sp³-hybridized carbons (Fsp3) is 0.625. The second-order valence-electron chi connectivity index (χ2n) is 5.56. The number of anilines is 1. The molecule has 2 unspecified atom stereocenters. The van der Waals surface area contributed by atoms with Crippen molar-refractivity contribution < 1.29 is 0 Å². The van der Waals surface area contributed by atoms with Gasteiger partial charge < -0.3 is 10.6 Å². The SMILES string of the molecule is CCC1CN(CCC(C)c2ccc(N)cc2)CCS1. The Balaban J connectivity index is 1.79. The van der Waals surface area contributed by atoms with Crippen LogP contribution in [0.5, 0.6) is 0 Å². The lowest BCUT2D eigenvalue weighted by atomic mass is 9.97. The fourth-order valence-corrected chi connectivity index (χ4v) is 3.85. The first-order valence-corrected chi connectivity index (χ1v) is 8.43. The van der Waals surface area contributed by atoms with Gasteiger partial charge in [-0.3, -0.25) is 0 Å². The van der Waals surface area contributed by atoms with Gasteiger partial charge in [0.15, 0.2) is 0 Å². The van der Waals surface area contributed by atoms with Crippen LogP contribution in [-0.4, -0.2) is 35.5 Å². The summed E-state index contributed by atoms with van der Waals surface area (Å²) in [6, 6.07) is 8.36. The van der Waals surface area contributed by atoms with E-state index in [0.717, 1.165) is 10.9 Å². The molecule has 1 aliphatic rings. The highest BCUT2D eigenvalue weighted by atomic mass is 32.2. The first-order valence-electron chi connectivity index (χ1n) is 7.38. The van der Waals surface area contributed by atoms with E-state index in [9.17, 15) is 0 Å². The Morgan fingerprint density at radius 1 is 1.37 bits per heavy atom. The van der Waals surface area contributed by atoms with Crippen LogP contribution in [-0.2, 0) is 0 Å². The number of hydrogen-bond acceptors (Lipinski definition) is 3. The van der Waals surface area contributed by atoms with Crippen molar-refractivity contribution in [2.24, 2.45) is 0 Å². The molecule has 1 saturated heterocycles. The van der Waals surface area contributed by atoms with Gasteiger partial charge in [-0.15, -0.1) is 0 Å². The van der Waals surface area contributed by atoms with Crippen molar-refractivity contribution in [3.05, 3.63) is 29.8 Å². The van der Waals surface area contributed by atoms with Crippen LogP contribution in [0.15, 0.2) is 24.3 Å². The van der Waals surface area contributed by atoms with E-state index in [1.165, 1.54) is 43.8 Å². The standard InChI is InChI=1S/C16H26N2S/c1-3-16-12-18(10-11-19-16)9-8-13(2)14-4-6-15(17)7-5-14/h4-7,13,16H,3,8-12,17H2,1-2H3. The average molecular weight is 278 g/mol. The van der Waals surface area contributed by atoms with Crippen molar-refractivity contribution in [3.8, 4) is 0 Å². The Morgan fingerprint density at radius 3 is 2.79 bits per heavy atom. The van der Waals surface area contributed by atoms with E-state index in [1.807, 2.05) is 12.1 Å². The number of benzene rings is 1. The van der Waals surface area contributed by atoms with Gasteiger partial charge in [-0.1, -0.05) is 26.0 Å². The van der Waals surface area contributed by atoms with Gasteiger partial charge in [0.05, 0.1) is 0 Å². The quantitative estimate of drug-likeness (QED) is 0.835. The summed E-state index contributed by atoms with van der Waals surface area (Å²) in [6.07, 6.45) is 2.54. The predicted molar refractivity (Wildman–Crippen MR) is 86.9 cm³/mol. The normalized spacial score (nSPS) is 22.3. The predicted octanol–water partition coefficient (Wildman–Crippen LogP) is 3.59. The largest absolute Gasteiger partial charge is 0.399 e. The minimum Gasteiger partial charge on any atom is -0.399 e. The van der Waals surface area contributed by atoms with Crippen LogP contribution in [0.2, 0.25) is 0 Å². The maximum absolute atomic E-state index is 5.74. The molecule has 1 aromatic carbocycles. The molecule has 2 nitrogen and oxygen atoms in total. The van der Waals surface area contributed by atoms with Gasteiger partial charge in [0, 0.05) is 29.8 Å². The first kappa shape index (κ1) is 14.7. The number of thioether (sulfide) groups is 1. The molecule has 2 rings (SSSR count). The third-order valence-corrected chi connectivity index (χ3v) is 5.43. The van der Waals surface area contributed by atoms with Crippen LogP contribution in [0.1, 0.15) is 38.2 Å². The maximum Gasteiger partial charge on any atom is 0.0314 e. The number of hydrogen-bond donors (Lipinski definition) is 1. The van der Waals surface area contributed by atoms with E-state index in [1.54, 1.807) is 0 Å². The van der Waals surface area contributed by atoms with E-state index in [-0.39, 0.29) is 0 Å². The molecule has 2 atom stereocenters. The zero-order chi connectivity index (χ0) is 13.7. The zero-order valence-corrected chi connectivity index (χ0v) is 13.0. The molecule has 1 fully saturated rings. The van der Waals surface area contributed by atoms with Gasteiger partial charge in [-0.05, 0) is 43.0 Å². The van der Waals surface area contributed by atoms with Crippen molar-refractivity contribution >= 4 is 17.4 Å². The van der Waals surface area contributed by atoms with Crippen LogP contribution in [0.4, 0.5) is 5.69 Å². The Morgan fingerprint density at radius 2 is 2.11 bits per heavy atom. The van der Waals surface area contributed by atoms with Gasteiger partial charge in [0.1, 0.15) is 0 Å². The third kappa shape index (κ3) is 4.43. The Kier molecular flexibility index (Phi) is 5.59. The third-order valence-electron chi connectivity index (χ3n) is 4.06. The number of nitrogens with two attached hydrogens (primary N) is 1. The summed E-state index contributed by atoms with van der Waals surface area (Å²) in [5.74, 6) is 1.92. The summed E-state index contributed by atoms with van der Waals surface area (Å²) in [4.78, 5) is 2.64. The lowest BCUT2D eigenvalue weighted by molar-refractivity contribution is 0.271. The van der Waals surface area contributed by atoms with E-state index in [0.29, 0.717) is 5.92 Å². The molecule has 0 aliphatic carbocycles. The molecule has 0 spiro atoms. The molecule has 106 valence electrons. The Labute approximate surface area is 121 Å². The lowest BCUT2D eigenvalue weighted by Crippen LogP contribution is -2.38. The molecule has 0 radical (unpaired) electrons. The first-order chi connectivity index (χ1) is 9.19. The molecule has 19 heavy (non-hydrogen) atoms. The fourth-order valence-electron chi connectivity index (χ4n) is 2.60. The minimum atomic E-state index is 0.621. The van der Waals surface area contributed by atoms with Gasteiger partial charge >= 0.3 is 0 Å². The molecular formula is C16H26N2S. The second kappa shape index (κ2) is 7.20. The summed E-state index contributed by atoms with van der Waals surface area (Å²) in [5.41, 5.74) is 8.00. The molecule has 3 heteroatoms. The highest BCUT2D eigenvalue weighted by Gasteiger charge is 2.19. The molecular weight excluding hydrogens is 252 g/mol. The topological polar surface area (TPSA) is 29.3 Å². The van der Waals surface area contributed by atoms with Crippen molar-refractivity contribution in [1.82, 2.24) is 4.90 Å². The highest BCUT2D eigenvalue weighted by molar-refractivity contribution is 8.00. The second-order valence-corrected chi connectivity index (χ2v) is 6.97. The van der Waals surface area contributed by atoms with Crippen molar-refractivity contribution in [1.29, 1.82) is 0 Å². The van der Waals surface area contributed by atoms with Gasteiger partial charge in [-0.25, -0.2) is 0 Å². The van der Waals surface area contributed by atoms with Gasteiger partial charge in [0.2, 0.25) is 0 Å². The minimum absolute atomic E-state index is 0.621. The van der Waals surface area contributed by atoms with E-state index < -0.39 is 0 Å². The molecule has 0 aromatic heterocycles. The van der Waals surface area contributed by atoms with Crippen LogP contribution < -0.4 is 5.73 Å². The molecule has 0 amide bonds.